The number of anilines is 1. The van der Waals surface area contributed by atoms with E-state index < -0.39 is 5.97 Å². The second kappa shape index (κ2) is 8.52. The highest BCUT2D eigenvalue weighted by Gasteiger charge is 2.17. The molecule has 0 saturated carbocycles. The van der Waals surface area contributed by atoms with Gasteiger partial charge < -0.3 is 10.0 Å². The summed E-state index contributed by atoms with van der Waals surface area (Å²) in [6.45, 7) is 0.933. The Morgan fingerprint density at radius 2 is 1.48 bits per heavy atom. The molecule has 4 rings (SSSR count). The number of fused-ring (bicyclic) bond motifs is 1. The SMILES string of the molecule is O=C(O)CCN(Cc1ccccc1)c1nc(-c2ccccc2)nc2ccccc12. The highest BCUT2D eigenvalue weighted by atomic mass is 16.4. The molecule has 0 spiro atoms. The first-order valence-corrected chi connectivity index (χ1v) is 9.53. The Morgan fingerprint density at radius 3 is 2.21 bits per heavy atom. The van der Waals surface area contributed by atoms with Gasteiger partial charge >= 0.3 is 5.97 Å². The Kier molecular flexibility index (Phi) is 5.47. The van der Waals surface area contributed by atoms with Crippen molar-refractivity contribution >= 4 is 22.7 Å². The third-order valence-corrected chi connectivity index (χ3v) is 4.73. The van der Waals surface area contributed by atoms with Gasteiger partial charge in [0.25, 0.3) is 0 Å². The van der Waals surface area contributed by atoms with Crippen molar-refractivity contribution in [2.24, 2.45) is 0 Å². The minimum Gasteiger partial charge on any atom is -0.481 e. The number of hydrogen-bond acceptors (Lipinski definition) is 4. The quantitative estimate of drug-likeness (QED) is 0.498. The van der Waals surface area contributed by atoms with Gasteiger partial charge in [-0.25, -0.2) is 9.97 Å². The summed E-state index contributed by atoms with van der Waals surface area (Å²) < 4.78 is 0. The minimum absolute atomic E-state index is 0.0336. The average Bonchev–Trinajstić information content (AvgIpc) is 2.77. The van der Waals surface area contributed by atoms with Gasteiger partial charge in [0, 0.05) is 24.0 Å². The largest absolute Gasteiger partial charge is 0.481 e. The lowest BCUT2D eigenvalue weighted by molar-refractivity contribution is -0.136. The summed E-state index contributed by atoms with van der Waals surface area (Å²) in [5.41, 5.74) is 2.86. The van der Waals surface area contributed by atoms with Crippen LogP contribution in [0, 0.1) is 0 Å². The Morgan fingerprint density at radius 1 is 0.828 bits per heavy atom. The summed E-state index contributed by atoms with van der Waals surface area (Å²) in [7, 11) is 0. The van der Waals surface area contributed by atoms with Gasteiger partial charge in [-0.1, -0.05) is 72.8 Å². The van der Waals surface area contributed by atoms with Crippen LogP contribution in [0.1, 0.15) is 12.0 Å². The number of carboxylic acids is 1. The van der Waals surface area contributed by atoms with Crippen molar-refractivity contribution in [3.63, 3.8) is 0 Å². The van der Waals surface area contributed by atoms with Gasteiger partial charge in [-0.15, -0.1) is 0 Å². The predicted octanol–water partition coefficient (Wildman–Crippen LogP) is 4.78. The molecular weight excluding hydrogens is 362 g/mol. The Bertz CT molecular complexity index is 1110. The van der Waals surface area contributed by atoms with E-state index in [1.54, 1.807) is 0 Å². The fraction of sp³-hybridized carbons (Fsp3) is 0.125. The molecule has 0 fully saturated rings. The minimum atomic E-state index is -0.829. The number of carboxylic acid groups (broad SMARTS) is 1. The molecule has 1 aromatic heterocycles. The van der Waals surface area contributed by atoms with Gasteiger partial charge in [0.2, 0.25) is 0 Å². The molecule has 5 heteroatoms. The molecule has 0 unspecified atom stereocenters. The summed E-state index contributed by atoms with van der Waals surface area (Å²) in [4.78, 5) is 22.9. The van der Waals surface area contributed by atoms with E-state index in [0.717, 1.165) is 27.8 Å². The van der Waals surface area contributed by atoms with E-state index in [4.69, 9.17) is 9.97 Å². The molecule has 0 bridgehead atoms. The summed E-state index contributed by atoms with van der Waals surface area (Å²) in [6, 6.07) is 27.7. The van der Waals surface area contributed by atoms with Crippen LogP contribution in [-0.4, -0.2) is 27.6 Å². The zero-order valence-corrected chi connectivity index (χ0v) is 15.9. The van der Waals surface area contributed by atoms with Crippen molar-refractivity contribution in [2.45, 2.75) is 13.0 Å². The number of carbonyl (C=O) groups is 1. The fourth-order valence-electron chi connectivity index (χ4n) is 3.31. The summed E-state index contributed by atoms with van der Waals surface area (Å²) in [5.74, 6) is 0.553. The first-order chi connectivity index (χ1) is 14.2. The van der Waals surface area contributed by atoms with Crippen LogP contribution in [0.15, 0.2) is 84.9 Å². The van der Waals surface area contributed by atoms with Crippen LogP contribution < -0.4 is 4.90 Å². The van der Waals surface area contributed by atoms with E-state index >= 15 is 0 Å². The maximum absolute atomic E-state index is 11.3. The molecule has 0 aliphatic heterocycles. The second-order valence-electron chi connectivity index (χ2n) is 6.80. The number of para-hydroxylation sites is 1. The van der Waals surface area contributed by atoms with E-state index in [0.29, 0.717) is 18.9 Å². The molecule has 4 aromatic rings. The van der Waals surface area contributed by atoms with Gasteiger partial charge in [-0.05, 0) is 17.7 Å². The van der Waals surface area contributed by atoms with E-state index in [1.807, 2.05) is 89.8 Å². The third kappa shape index (κ3) is 4.41. The maximum atomic E-state index is 11.3. The number of rotatable bonds is 7. The smallest absolute Gasteiger partial charge is 0.305 e. The lowest BCUT2D eigenvalue weighted by Gasteiger charge is -2.25. The molecule has 1 heterocycles. The van der Waals surface area contributed by atoms with Crippen molar-refractivity contribution in [1.29, 1.82) is 0 Å². The lowest BCUT2D eigenvalue weighted by atomic mass is 10.1. The molecule has 3 aromatic carbocycles. The van der Waals surface area contributed by atoms with Crippen LogP contribution in [0.2, 0.25) is 0 Å². The Labute approximate surface area is 169 Å². The molecule has 1 N–H and O–H groups in total. The number of hydrogen-bond donors (Lipinski definition) is 1. The van der Waals surface area contributed by atoms with Crippen LogP contribution >= 0.6 is 0 Å². The highest BCUT2D eigenvalue weighted by Crippen LogP contribution is 2.28. The topological polar surface area (TPSA) is 66.3 Å². The van der Waals surface area contributed by atoms with Crippen molar-refractivity contribution in [3.8, 4) is 11.4 Å². The summed E-state index contributed by atoms with van der Waals surface area (Å²) >= 11 is 0. The third-order valence-electron chi connectivity index (χ3n) is 4.73. The van der Waals surface area contributed by atoms with Crippen LogP contribution in [-0.2, 0) is 11.3 Å². The lowest BCUT2D eigenvalue weighted by Crippen LogP contribution is -2.27. The number of aliphatic carboxylic acids is 1. The zero-order chi connectivity index (χ0) is 20.1. The molecule has 0 amide bonds. The van der Waals surface area contributed by atoms with Gasteiger partial charge in [0.15, 0.2) is 5.82 Å². The Balaban J connectivity index is 1.83. The first kappa shape index (κ1) is 18.6. The van der Waals surface area contributed by atoms with Crippen molar-refractivity contribution in [1.82, 2.24) is 9.97 Å². The van der Waals surface area contributed by atoms with Gasteiger partial charge in [-0.2, -0.15) is 0 Å². The molecule has 0 aliphatic carbocycles. The van der Waals surface area contributed by atoms with Crippen LogP contribution in [0.3, 0.4) is 0 Å². The first-order valence-electron chi connectivity index (χ1n) is 9.53. The standard InChI is InChI=1S/C24H21N3O2/c28-22(29)15-16-27(17-18-9-3-1-4-10-18)24-20-13-7-8-14-21(20)25-23(26-24)19-11-5-2-6-12-19/h1-14H,15-17H2,(H,28,29). The molecule has 29 heavy (non-hydrogen) atoms. The molecule has 0 saturated heterocycles. The molecule has 0 atom stereocenters. The normalized spacial score (nSPS) is 10.8. The van der Waals surface area contributed by atoms with Crippen LogP contribution in [0.4, 0.5) is 5.82 Å². The molecule has 0 radical (unpaired) electrons. The summed E-state index contributed by atoms with van der Waals surface area (Å²) in [5, 5.41) is 10.2. The highest BCUT2D eigenvalue weighted by molar-refractivity contribution is 5.91. The maximum Gasteiger partial charge on any atom is 0.305 e. The zero-order valence-electron chi connectivity index (χ0n) is 15.9. The van der Waals surface area contributed by atoms with E-state index in [2.05, 4.69) is 0 Å². The van der Waals surface area contributed by atoms with Gasteiger partial charge in [-0.3, -0.25) is 4.79 Å². The van der Waals surface area contributed by atoms with E-state index in [1.165, 1.54) is 0 Å². The molecule has 5 nitrogen and oxygen atoms in total. The van der Waals surface area contributed by atoms with Crippen molar-refractivity contribution in [2.75, 3.05) is 11.4 Å². The van der Waals surface area contributed by atoms with Crippen molar-refractivity contribution < 1.29 is 9.90 Å². The fourth-order valence-corrected chi connectivity index (χ4v) is 3.31. The van der Waals surface area contributed by atoms with Crippen LogP contribution in [0.25, 0.3) is 22.3 Å². The van der Waals surface area contributed by atoms with Crippen molar-refractivity contribution in [3.05, 3.63) is 90.5 Å². The average molecular weight is 383 g/mol. The molecule has 144 valence electrons. The number of nitrogens with zero attached hydrogens (tertiary/aromatic N) is 3. The summed E-state index contributed by atoms with van der Waals surface area (Å²) in [6.07, 6.45) is 0.0336. The van der Waals surface area contributed by atoms with Crippen LogP contribution in [0.5, 0.6) is 0 Å². The number of benzene rings is 3. The molecular formula is C24H21N3O2. The molecule has 0 aliphatic rings. The van der Waals surface area contributed by atoms with Gasteiger partial charge in [0.05, 0.1) is 11.9 Å². The number of aromatic nitrogens is 2. The second-order valence-corrected chi connectivity index (χ2v) is 6.80. The predicted molar refractivity (Wildman–Crippen MR) is 115 cm³/mol. The Hall–Kier alpha value is -3.73. The monoisotopic (exact) mass is 383 g/mol. The van der Waals surface area contributed by atoms with E-state index in [-0.39, 0.29) is 6.42 Å². The van der Waals surface area contributed by atoms with Gasteiger partial charge in [0.1, 0.15) is 5.82 Å². The van der Waals surface area contributed by atoms with E-state index in [9.17, 15) is 9.90 Å².